The zero-order valence-electron chi connectivity index (χ0n) is 8.34. The topological polar surface area (TPSA) is 32.3 Å². The van der Waals surface area contributed by atoms with E-state index in [9.17, 15) is 0 Å². The summed E-state index contributed by atoms with van der Waals surface area (Å²) in [5.74, 6) is 1.91. The van der Waals surface area contributed by atoms with Crippen LogP contribution in [0.15, 0.2) is 0 Å². The van der Waals surface area contributed by atoms with Gasteiger partial charge in [-0.15, -0.1) is 0 Å². The number of hydrogen-bond donors (Lipinski definition) is 2. The van der Waals surface area contributed by atoms with Gasteiger partial charge in [0.1, 0.15) is 0 Å². The molecule has 0 aromatic rings. The van der Waals surface area contributed by atoms with E-state index in [0.717, 1.165) is 18.3 Å². The first-order valence-corrected chi connectivity index (χ1v) is 5.74. The van der Waals surface area contributed by atoms with E-state index in [1.807, 2.05) is 0 Å². The Morgan fingerprint density at radius 2 is 1.92 bits per heavy atom. The third kappa shape index (κ3) is 2.23. The van der Waals surface area contributed by atoms with Gasteiger partial charge in [0.2, 0.25) is 0 Å². The first-order chi connectivity index (χ1) is 6.40. The van der Waals surface area contributed by atoms with Gasteiger partial charge in [0.25, 0.3) is 0 Å². The highest BCUT2D eigenvalue weighted by Gasteiger charge is 2.31. The van der Waals surface area contributed by atoms with Crippen LogP contribution in [0.4, 0.5) is 0 Å². The second-order valence-corrected chi connectivity index (χ2v) is 4.66. The summed E-state index contributed by atoms with van der Waals surface area (Å²) < 4.78 is 0. The molecular formula is C11H21NO. The maximum absolute atomic E-state index is 8.87. The van der Waals surface area contributed by atoms with Crippen molar-refractivity contribution in [3.05, 3.63) is 0 Å². The Labute approximate surface area is 80.7 Å². The molecule has 2 N–H and O–H groups in total. The normalized spacial score (nSPS) is 39.9. The summed E-state index contributed by atoms with van der Waals surface area (Å²) in [6.45, 7) is 1.55. The first kappa shape index (κ1) is 9.47. The molecule has 3 unspecified atom stereocenters. The van der Waals surface area contributed by atoms with Crippen molar-refractivity contribution in [3.63, 3.8) is 0 Å². The Hall–Kier alpha value is -0.0800. The zero-order valence-corrected chi connectivity index (χ0v) is 8.34. The first-order valence-electron chi connectivity index (χ1n) is 5.74. The van der Waals surface area contributed by atoms with Crippen molar-refractivity contribution >= 4 is 0 Å². The van der Waals surface area contributed by atoms with E-state index in [1.165, 1.54) is 38.6 Å². The molecule has 1 saturated carbocycles. The van der Waals surface area contributed by atoms with E-state index in [0.29, 0.717) is 12.6 Å². The molecule has 1 saturated heterocycles. The van der Waals surface area contributed by atoms with Crippen LogP contribution < -0.4 is 5.32 Å². The maximum atomic E-state index is 8.87. The summed E-state index contributed by atoms with van der Waals surface area (Å²) in [5.41, 5.74) is 0. The molecule has 2 rings (SSSR count). The lowest BCUT2D eigenvalue weighted by atomic mass is 9.73. The van der Waals surface area contributed by atoms with Crippen molar-refractivity contribution in [1.29, 1.82) is 0 Å². The van der Waals surface area contributed by atoms with Crippen LogP contribution in [0.3, 0.4) is 0 Å². The molecule has 0 aromatic carbocycles. The van der Waals surface area contributed by atoms with Gasteiger partial charge >= 0.3 is 0 Å². The van der Waals surface area contributed by atoms with Crippen molar-refractivity contribution in [2.45, 2.75) is 44.6 Å². The number of hydrogen-bond acceptors (Lipinski definition) is 2. The minimum absolute atomic E-state index is 0.342. The van der Waals surface area contributed by atoms with Gasteiger partial charge < -0.3 is 10.4 Å². The molecule has 1 aliphatic carbocycles. The molecule has 1 aliphatic heterocycles. The average molecular weight is 183 g/mol. The smallest absolute Gasteiger partial charge is 0.0445 e. The molecule has 0 radical (unpaired) electrons. The molecule has 2 fully saturated rings. The zero-order chi connectivity index (χ0) is 9.10. The van der Waals surface area contributed by atoms with Gasteiger partial charge in [0.15, 0.2) is 0 Å². The molecule has 76 valence electrons. The molecule has 2 heteroatoms. The Morgan fingerprint density at radius 1 is 1.15 bits per heavy atom. The molecule has 0 aromatic heterocycles. The second-order valence-electron chi connectivity index (χ2n) is 4.66. The number of fused-ring (bicyclic) bond motifs is 1. The quantitative estimate of drug-likeness (QED) is 0.680. The average Bonchev–Trinajstić information content (AvgIpc) is 2.18. The van der Waals surface area contributed by atoms with E-state index in [2.05, 4.69) is 5.32 Å². The van der Waals surface area contributed by atoms with Gasteiger partial charge in [-0.1, -0.05) is 19.3 Å². The fourth-order valence-corrected chi connectivity index (χ4v) is 3.01. The molecule has 1 heterocycles. The molecule has 3 atom stereocenters. The predicted octanol–water partition coefficient (Wildman–Crippen LogP) is 1.54. The van der Waals surface area contributed by atoms with Crippen molar-refractivity contribution in [3.8, 4) is 0 Å². The molecule has 2 aliphatic rings. The monoisotopic (exact) mass is 183 g/mol. The van der Waals surface area contributed by atoms with Crippen LogP contribution >= 0.6 is 0 Å². The molecule has 0 amide bonds. The van der Waals surface area contributed by atoms with Crippen molar-refractivity contribution in [2.24, 2.45) is 11.8 Å². The van der Waals surface area contributed by atoms with Crippen LogP contribution in [0, 0.1) is 11.8 Å². The van der Waals surface area contributed by atoms with E-state index >= 15 is 0 Å². The minimum Gasteiger partial charge on any atom is -0.396 e. The SMILES string of the molecule is OCCC1CC2CCCCC2CN1. The Kier molecular flexibility index (Phi) is 3.23. The number of rotatable bonds is 2. The van der Waals surface area contributed by atoms with Crippen LogP contribution in [-0.4, -0.2) is 24.3 Å². The number of piperidine rings is 1. The van der Waals surface area contributed by atoms with Gasteiger partial charge in [-0.3, -0.25) is 0 Å². The predicted molar refractivity (Wildman–Crippen MR) is 53.6 cm³/mol. The van der Waals surface area contributed by atoms with Crippen LogP contribution in [0.1, 0.15) is 38.5 Å². The van der Waals surface area contributed by atoms with E-state index in [4.69, 9.17) is 5.11 Å². The Balaban J connectivity index is 1.84. The van der Waals surface area contributed by atoms with Gasteiger partial charge in [-0.05, 0) is 37.6 Å². The van der Waals surface area contributed by atoms with Crippen molar-refractivity contribution in [1.82, 2.24) is 5.32 Å². The summed E-state index contributed by atoms with van der Waals surface area (Å²) in [6, 6.07) is 0.601. The highest BCUT2D eigenvalue weighted by molar-refractivity contribution is 4.86. The maximum Gasteiger partial charge on any atom is 0.0445 e. The molecule has 0 bridgehead atoms. The highest BCUT2D eigenvalue weighted by Crippen LogP contribution is 2.35. The second kappa shape index (κ2) is 4.43. The lowest BCUT2D eigenvalue weighted by Gasteiger charge is -2.40. The summed E-state index contributed by atoms with van der Waals surface area (Å²) in [4.78, 5) is 0. The van der Waals surface area contributed by atoms with E-state index in [1.54, 1.807) is 0 Å². The van der Waals surface area contributed by atoms with E-state index < -0.39 is 0 Å². The van der Waals surface area contributed by atoms with Crippen molar-refractivity contribution in [2.75, 3.05) is 13.2 Å². The fraction of sp³-hybridized carbons (Fsp3) is 1.00. The van der Waals surface area contributed by atoms with Gasteiger partial charge in [0.05, 0.1) is 0 Å². The summed E-state index contributed by atoms with van der Waals surface area (Å²) in [7, 11) is 0. The van der Waals surface area contributed by atoms with Crippen molar-refractivity contribution < 1.29 is 5.11 Å². The van der Waals surface area contributed by atoms with Gasteiger partial charge in [-0.2, -0.15) is 0 Å². The summed E-state index contributed by atoms with van der Waals surface area (Å²) >= 11 is 0. The summed E-state index contributed by atoms with van der Waals surface area (Å²) in [5, 5.41) is 12.4. The molecule has 0 spiro atoms. The Bertz CT molecular complexity index is 160. The van der Waals surface area contributed by atoms with Gasteiger partial charge in [-0.25, -0.2) is 0 Å². The van der Waals surface area contributed by atoms with E-state index in [-0.39, 0.29) is 0 Å². The van der Waals surface area contributed by atoms with Gasteiger partial charge in [0, 0.05) is 12.6 Å². The molecule has 2 nitrogen and oxygen atoms in total. The number of aliphatic hydroxyl groups excluding tert-OH is 1. The lowest BCUT2D eigenvalue weighted by Crippen LogP contribution is -2.45. The number of aliphatic hydroxyl groups is 1. The van der Waals surface area contributed by atoms with Crippen LogP contribution in [-0.2, 0) is 0 Å². The lowest BCUT2D eigenvalue weighted by molar-refractivity contribution is 0.138. The molecular weight excluding hydrogens is 162 g/mol. The van der Waals surface area contributed by atoms with Crippen LogP contribution in [0.5, 0.6) is 0 Å². The van der Waals surface area contributed by atoms with Crippen LogP contribution in [0.2, 0.25) is 0 Å². The Morgan fingerprint density at radius 3 is 2.69 bits per heavy atom. The minimum atomic E-state index is 0.342. The van der Waals surface area contributed by atoms with Crippen LogP contribution in [0.25, 0.3) is 0 Å². The summed E-state index contributed by atoms with van der Waals surface area (Å²) in [6.07, 6.45) is 8.01. The largest absolute Gasteiger partial charge is 0.396 e. The highest BCUT2D eigenvalue weighted by atomic mass is 16.3. The fourth-order valence-electron chi connectivity index (χ4n) is 3.01. The third-order valence-electron chi connectivity index (χ3n) is 3.80. The number of nitrogens with one attached hydrogen (secondary N) is 1. The molecule has 13 heavy (non-hydrogen) atoms. The third-order valence-corrected chi connectivity index (χ3v) is 3.80. The standard InChI is InChI=1S/C11H21NO/c13-6-5-11-7-9-3-1-2-4-10(9)8-12-11/h9-13H,1-8H2.